The van der Waals surface area contributed by atoms with Gasteiger partial charge in [-0.2, -0.15) is 0 Å². The Bertz CT molecular complexity index is 681. The predicted octanol–water partition coefficient (Wildman–Crippen LogP) is 1.77. The average Bonchev–Trinajstić information content (AvgIpc) is 2.56. The molecule has 0 radical (unpaired) electrons. The Kier molecular flexibility index (Phi) is 7.19. The molecule has 1 aliphatic rings. The molecule has 8 heteroatoms. The molecular weight excluding hydrogens is 347 g/mol. The number of hydrogen-bond donors (Lipinski definition) is 1. The van der Waals surface area contributed by atoms with Crippen LogP contribution in [0.5, 0.6) is 5.75 Å². The first kappa shape index (κ1) is 19.7. The molecule has 1 aromatic rings. The van der Waals surface area contributed by atoms with Crippen molar-refractivity contribution in [1.82, 2.24) is 9.62 Å². The van der Waals surface area contributed by atoms with Crippen LogP contribution in [0.4, 0.5) is 4.39 Å². The lowest BCUT2D eigenvalue weighted by Gasteiger charge is -2.32. The molecule has 1 N–H and O–H groups in total. The number of ether oxygens (including phenoxy) is 1. The zero-order valence-electron chi connectivity index (χ0n) is 14.4. The van der Waals surface area contributed by atoms with Gasteiger partial charge >= 0.3 is 0 Å². The van der Waals surface area contributed by atoms with Crippen molar-refractivity contribution in [2.75, 3.05) is 32.5 Å². The van der Waals surface area contributed by atoms with E-state index >= 15 is 0 Å². The summed E-state index contributed by atoms with van der Waals surface area (Å²) < 4.78 is 43.3. The van der Waals surface area contributed by atoms with Crippen molar-refractivity contribution in [1.29, 1.82) is 0 Å². The number of carbonyl (C=O) groups excluding carboxylic acids is 1. The van der Waals surface area contributed by atoms with E-state index in [1.54, 1.807) is 17.0 Å². The second-order valence-corrected chi connectivity index (χ2v) is 8.21. The SMILES string of the molecule is CS(=O)(=O)NCC1CCCN(C(=O)CCCOc2cccc(F)c2)C1. The van der Waals surface area contributed by atoms with Gasteiger partial charge in [0, 0.05) is 32.1 Å². The minimum absolute atomic E-state index is 0.0481. The third-order valence-corrected chi connectivity index (χ3v) is 4.80. The number of nitrogens with zero attached hydrogens (tertiary/aromatic N) is 1. The summed E-state index contributed by atoms with van der Waals surface area (Å²) >= 11 is 0. The zero-order chi connectivity index (χ0) is 18.3. The van der Waals surface area contributed by atoms with Crippen molar-refractivity contribution in [3.05, 3.63) is 30.1 Å². The van der Waals surface area contributed by atoms with E-state index in [0.717, 1.165) is 19.1 Å². The standard InChI is InChI=1S/C17H25FN2O4S/c1-25(22,23)19-12-14-5-3-9-20(13-14)17(21)8-4-10-24-16-7-2-6-15(18)11-16/h2,6-7,11,14,19H,3-5,8-10,12-13H2,1H3. The van der Waals surface area contributed by atoms with E-state index in [1.165, 1.54) is 12.1 Å². The van der Waals surface area contributed by atoms with Crippen molar-refractivity contribution >= 4 is 15.9 Å². The van der Waals surface area contributed by atoms with Crippen LogP contribution in [-0.2, 0) is 14.8 Å². The Morgan fingerprint density at radius 2 is 2.24 bits per heavy atom. The highest BCUT2D eigenvalue weighted by Gasteiger charge is 2.23. The predicted molar refractivity (Wildman–Crippen MR) is 93.3 cm³/mol. The van der Waals surface area contributed by atoms with Gasteiger partial charge in [0.1, 0.15) is 11.6 Å². The van der Waals surface area contributed by atoms with Gasteiger partial charge in [0.2, 0.25) is 15.9 Å². The summed E-state index contributed by atoms with van der Waals surface area (Å²) in [6.07, 6.45) is 3.84. The van der Waals surface area contributed by atoms with Gasteiger partial charge in [0.05, 0.1) is 12.9 Å². The Labute approximate surface area is 148 Å². The number of benzene rings is 1. The third-order valence-electron chi connectivity index (χ3n) is 4.11. The fraction of sp³-hybridized carbons (Fsp3) is 0.588. The number of rotatable bonds is 8. The largest absolute Gasteiger partial charge is 0.493 e. The number of nitrogens with one attached hydrogen (secondary N) is 1. The Hall–Kier alpha value is -1.67. The zero-order valence-corrected chi connectivity index (χ0v) is 15.2. The summed E-state index contributed by atoms with van der Waals surface area (Å²) in [7, 11) is -3.20. The summed E-state index contributed by atoms with van der Waals surface area (Å²) in [5, 5.41) is 0. The van der Waals surface area contributed by atoms with Crippen molar-refractivity contribution in [3.63, 3.8) is 0 Å². The monoisotopic (exact) mass is 372 g/mol. The summed E-state index contributed by atoms with van der Waals surface area (Å²) in [6, 6.07) is 5.91. The van der Waals surface area contributed by atoms with E-state index in [9.17, 15) is 17.6 Å². The smallest absolute Gasteiger partial charge is 0.222 e. The number of likely N-dealkylation sites (tertiary alicyclic amines) is 1. The number of hydrogen-bond acceptors (Lipinski definition) is 4. The van der Waals surface area contributed by atoms with E-state index in [-0.39, 0.29) is 17.6 Å². The lowest BCUT2D eigenvalue weighted by atomic mass is 9.98. The van der Waals surface area contributed by atoms with E-state index in [0.29, 0.717) is 44.8 Å². The topological polar surface area (TPSA) is 75.7 Å². The molecule has 0 bridgehead atoms. The average molecular weight is 372 g/mol. The molecule has 1 aromatic carbocycles. The molecule has 0 saturated carbocycles. The molecule has 1 unspecified atom stereocenters. The molecule has 2 rings (SSSR count). The van der Waals surface area contributed by atoms with Crippen LogP contribution in [0, 0.1) is 11.7 Å². The highest BCUT2D eigenvalue weighted by Crippen LogP contribution is 2.17. The van der Waals surface area contributed by atoms with Crippen molar-refractivity contribution in [2.45, 2.75) is 25.7 Å². The molecule has 1 aliphatic heterocycles. The minimum atomic E-state index is -3.20. The van der Waals surface area contributed by atoms with E-state index in [4.69, 9.17) is 4.74 Å². The van der Waals surface area contributed by atoms with Crippen LogP contribution < -0.4 is 9.46 Å². The fourth-order valence-electron chi connectivity index (χ4n) is 2.86. The summed E-state index contributed by atoms with van der Waals surface area (Å²) in [5.41, 5.74) is 0. The van der Waals surface area contributed by atoms with Crippen LogP contribution in [0.25, 0.3) is 0 Å². The van der Waals surface area contributed by atoms with Crippen molar-refractivity contribution in [2.24, 2.45) is 5.92 Å². The number of piperidine rings is 1. The molecule has 25 heavy (non-hydrogen) atoms. The number of amides is 1. The van der Waals surface area contributed by atoms with Crippen LogP contribution in [0.15, 0.2) is 24.3 Å². The van der Waals surface area contributed by atoms with Crippen LogP contribution in [0.1, 0.15) is 25.7 Å². The second kappa shape index (κ2) is 9.15. The van der Waals surface area contributed by atoms with Crippen LogP contribution in [0.3, 0.4) is 0 Å². The van der Waals surface area contributed by atoms with E-state index < -0.39 is 10.0 Å². The fourth-order valence-corrected chi connectivity index (χ4v) is 3.39. The van der Waals surface area contributed by atoms with Gasteiger partial charge in [-0.3, -0.25) is 4.79 Å². The molecule has 0 spiro atoms. The second-order valence-electron chi connectivity index (χ2n) is 6.38. The molecule has 1 heterocycles. The molecule has 1 amide bonds. The third kappa shape index (κ3) is 7.39. The molecular formula is C17H25FN2O4S. The Morgan fingerprint density at radius 1 is 1.44 bits per heavy atom. The highest BCUT2D eigenvalue weighted by molar-refractivity contribution is 7.88. The summed E-state index contributed by atoms with van der Waals surface area (Å²) in [5.74, 6) is 0.302. The maximum atomic E-state index is 13.0. The van der Waals surface area contributed by atoms with Crippen molar-refractivity contribution < 1.29 is 22.3 Å². The lowest BCUT2D eigenvalue weighted by molar-refractivity contribution is -0.133. The number of halogens is 1. The molecule has 6 nitrogen and oxygen atoms in total. The quantitative estimate of drug-likeness (QED) is 0.706. The van der Waals surface area contributed by atoms with Gasteiger partial charge in [-0.15, -0.1) is 0 Å². The Balaban J connectivity index is 1.69. The van der Waals surface area contributed by atoms with Gasteiger partial charge in [-0.05, 0) is 37.3 Å². The first-order chi connectivity index (χ1) is 11.8. The van der Waals surface area contributed by atoms with E-state index in [2.05, 4.69) is 4.72 Å². The number of sulfonamides is 1. The van der Waals surface area contributed by atoms with Gasteiger partial charge in [0.25, 0.3) is 0 Å². The minimum Gasteiger partial charge on any atom is -0.493 e. The highest BCUT2D eigenvalue weighted by atomic mass is 32.2. The first-order valence-electron chi connectivity index (χ1n) is 8.44. The first-order valence-corrected chi connectivity index (χ1v) is 10.3. The number of carbonyl (C=O) groups is 1. The summed E-state index contributed by atoms with van der Waals surface area (Å²) in [4.78, 5) is 14.1. The lowest BCUT2D eigenvalue weighted by Crippen LogP contribution is -2.43. The molecule has 1 fully saturated rings. The molecule has 0 aromatic heterocycles. The van der Waals surface area contributed by atoms with Crippen LogP contribution in [-0.4, -0.2) is 51.7 Å². The molecule has 0 aliphatic carbocycles. The molecule has 140 valence electrons. The van der Waals surface area contributed by atoms with Gasteiger partial charge in [-0.1, -0.05) is 6.07 Å². The normalized spacial score (nSPS) is 18.2. The van der Waals surface area contributed by atoms with Crippen LogP contribution in [0.2, 0.25) is 0 Å². The Morgan fingerprint density at radius 3 is 2.96 bits per heavy atom. The maximum absolute atomic E-state index is 13.0. The maximum Gasteiger partial charge on any atom is 0.222 e. The van der Waals surface area contributed by atoms with E-state index in [1.807, 2.05) is 0 Å². The molecule has 1 atom stereocenters. The van der Waals surface area contributed by atoms with Gasteiger partial charge in [-0.25, -0.2) is 17.5 Å². The van der Waals surface area contributed by atoms with Crippen molar-refractivity contribution in [3.8, 4) is 5.75 Å². The van der Waals surface area contributed by atoms with Gasteiger partial charge < -0.3 is 9.64 Å². The van der Waals surface area contributed by atoms with Gasteiger partial charge in [0.15, 0.2) is 0 Å². The summed E-state index contributed by atoms with van der Waals surface area (Å²) in [6.45, 7) is 2.00. The molecule has 1 saturated heterocycles. The van der Waals surface area contributed by atoms with Crippen LogP contribution >= 0.6 is 0 Å².